The third-order valence-electron chi connectivity index (χ3n) is 5.87. The van der Waals surface area contributed by atoms with Crippen molar-refractivity contribution in [2.45, 2.75) is 18.9 Å². The zero-order chi connectivity index (χ0) is 20.9. The van der Waals surface area contributed by atoms with E-state index in [1.54, 1.807) is 7.11 Å². The van der Waals surface area contributed by atoms with Crippen LogP contribution in [0.15, 0.2) is 54.7 Å². The van der Waals surface area contributed by atoms with Crippen molar-refractivity contribution in [1.29, 1.82) is 5.26 Å². The number of aromatic amines is 1. The highest BCUT2D eigenvalue weighted by Gasteiger charge is 2.27. The van der Waals surface area contributed by atoms with E-state index in [1.807, 2.05) is 53.6 Å². The third-order valence-corrected chi connectivity index (χ3v) is 5.87. The summed E-state index contributed by atoms with van der Waals surface area (Å²) in [7, 11) is 1.63. The number of benzene rings is 2. The van der Waals surface area contributed by atoms with Crippen molar-refractivity contribution in [2.75, 3.05) is 33.3 Å². The Morgan fingerprint density at radius 3 is 2.57 bits per heavy atom. The van der Waals surface area contributed by atoms with Gasteiger partial charge in [-0.1, -0.05) is 30.3 Å². The Kier molecular flexibility index (Phi) is 6.01. The summed E-state index contributed by atoms with van der Waals surface area (Å²) >= 11 is 0. The predicted octanol–water partition coefficient (Wildman–Crippen LogP) is 3.52. The largest absolute Gasteiger partial charge is 0.497 e. The maximum Gasteiger partial charge on any atom is 0.222 e. The maximum absolute atomic E-state index is 12.7. The minimum atomic E-state index is -0.306. The Hall–Kier alpha value is -3.30. The van der Waals surface area contributed by atoms with Crippen LogP contribution < -0.4 is 4.74 Å². The molecule has 3 aromatic rings. The molecule has 6 nitrogen and oxygen atoms in total. The summed E-state index contributed by atoms with van der Waals surface area (Å²) in [5.74, 6) is 0.957. The monoisotopic (exact) mass is 402 g/mol. The summed E-state index contributed by atoms with van der Waals surface area (Å²) < 4.78 is 5.20. The minimum Gasteiger partial charge on any atom is -0.497 e. The highest BCUT2D eigenvalue weighted by Crippen LogP contribution is 2.24. The van der Waals surface area contributed by atoms with Gasteiger partial charge in [0, 0.05) is 49.7 Å². The SMILES string of the molecule is COc1ccc(C(C#N)N2CCN(C(=O)CCc3c[nH]c4ccccc34)CC2)cc1. The number of rotatable bonds is 6. The highest BCUT2D eigenvalue weighted by molar-refractivity contribution is 5.84. The van der Waals surface area contributed by atoms with Crippen molar-refractivity contribution in [3.8, 4) is 11.8 Å². The quantitative estimate of drug-likeness (QED) is 0.685. The van der Waals surface area contributed by atoms with Gasteiger partial charge in [0.2, 0.25) is 5.91 Å². The molecule has 1 saturated heterocycles. The number of hydrogen-bond acceptors (Lipinski definition) is 4. The average molecular weight is 402 g/mol. The zero-order valence-corrected chi connectivity index (χ0v) is 17.2. The van der Waals surface area contributed by atoms with Crippen LogP contribution in [-0.2, 0) is 11.2 Å². The molecule has 0 radical (unpaired) electrons. The van der Waals surface area contributed by atoms with Crippen molar-refractivity contribution in [3.63, 3.8) is 0 Å². The van der Waals surface area contributed by atoms with Crippen LogP contribution in [0.3, 0.4) is 0 Å². The van der Waals surface area contributed by atoms with E-state index in [4.69, 9.17) is 4.74 Å². The first-order chi connectivity index (χ1) is 14.7. The molecule has 6 heteroatoms. The maximum atomic E-state index is 12.7. The molecular weight excluding hydrogens is 376 g/mol. The van der Waals surface area contributed by atoms with Gasteiger partial charge in [0.15, 0.2) is 0 Å². The highest BCUT2D eigenvalue weighted by atomic mass is 16.5. The van der Waals surface area contributed by atoms with E-state index in [0.717, 1.165) is 23.3 Å². The van der Waals surface area contributed by atoms with Crippen molar-refractivity contribution >= 4 is 16.8 Å². The Bertz CT molecular complexity index is 1040. The molecule has 30 heavy (non-hydrogen) atoms. The van der Waals surface area contributed by atoms with E-state index >= 15 is 0 Å². The summed E-state index contributed by atoms with van der Waals surface area (Å²) in [6, 6.07) is 17.9. The van der Waals surface area contributed by atoms with Gasteiger partial charge in [-0.2, -0.15) is 5.26 Å². The fraction of sp³-hybridized carbons (Fsp3) is 0.333. The molecule has 2 aromatic carbocycles. The molecule has 0 aliphatic carbocycles. The van der Waals surface area contributed by atoms with Crippen molar-refractivity contribution in [2.24, 2.45) is 0 Å². The number of nitrogens with one attached hydrogen (secondary N) is 1. The van der Waals surface area contributed by atoms with Gasteiger partial charge < -0.3 is 14.6 Å². The second-order valence-corrected chi connectivity index (χ2v) is 7.58. The topological polar surface area (TPSA) is 72.4 Å². The molecule has 154 valence electrons. The van der Waals surface area contributed by atoms with Crippen LogP contribution in [0.25, 0.3) is 10.9 Å². The third kappa shape index (κ3) is 4.17. The van der Waals surface area contributed by atoms with E-state index in [1.165, 1.54) is 10.9 Å². The molecule has 1 aliphatic rings. The zero-order valence-electron chi connectivity index (χ0n) is 17.2. The van der Waals surface area contributed by atoms with Crippen LogP contribution in [0, 0.1) is 11.3 Å². The molecule has 2 heterocycles. The normalized spacial score (nSPS) is 15.7. The summed E-state index contributed by atoms with van der Waals surface area (Å²) in [5.41, 5.74) is 3.24. The molecule has 0 spiro atoms. The van der Waals surface area contributed by atoms with Crippen LogP contribution in [0.4, 0.5) is 0 Å². The Labute approximate surface area is 176 Å². The van der Waals surface area contributed by atoms with Gasteiger partial charge in [0.25, 0.3) is 0 Å². The van der Waals surface area contributed by atoms with E-state index in [-0.39, 0.29) is 11.9 Å². The number of amides is 1. The van der Waals surface area contributed by atoms with Gasteiger partial charge in [-0.25, -0.2) is 0 Å². The number of nitrogens with zero attached hydrogens (tertiary/aromatic N) is 3. The van der Waals surface area contributed by atoms with Crippen LogP contribution in [-0.4, -0.2) is 54.0 Å². The minimum absolute atomic E-state index is 0.179. The summed E-state index contributed by atoms with van der Waals surface area (Å²) in [4.78, 5) is 20.1. The molecule has 1 aliphatic heterocycles. The molecule has 1 aromatic heterocycles. The van der Waals surface area contributed by atoms with Gasteiger partial charge in [0.1, 0.15) is 11.8 Å². The van der Waals surface area contributed by atoms with Gasteiger partial charge in [-0.15, -0.1) is 0 Å². The van der Waals surface area contributed by atoms with Crippen molar-refractivity contribution in [3.05, 3.63) is 65.9 Å². The number of carbonyl (C=O) groups excluding carboxylic acids is 1. The van der Waals surface area contributed by atoms with Crippen LogP contribution in [0.1, 0.15) is 23.6 Å². The number of carbonyl (C=O) groups is 1. The summed E-state index contributed by atoms with van der Waals surface area (Å²) in [5, 5.41) is 10.9. The summed E-state index contributed by atoms with van der Waals surface area (Å²) in [6.45, 7) is 2.70. The predicted molar refractivity (Wildman–Crippen MR) is 116 cm³/mol. The second kappa shape index (κ2) is 9.02. The number of nitriles is 1. The van der Waals surface area contributed by atoms with Crippen LogP contribution >= 0.6 is 0 Å². The lowest BCUT2D eigenvalue weighted by molar-refractivity contribution is -0.133. The molecule has 1 N–H and O–H groups in total. The molecule has 1 unspecified atom stereocenters. The molecular formula is C24H26N4O2. The number of aryl methyl sites for hydroxylation is 1. The average Bonchev–Trinajstić information content (AvgIpc) is 3.22. The number of fused-ring (bicyclic) bond motifs is 1. The number of H-pyrrole nitrogens is 1. The molecule has 1 fully saturated rings. The molecule has 1 atom stereocenters. The number of para-hydroxylation sites is 1. The molecule has 1 amide bonds. The lowest BCUT2D eigenvalue weighted by atomic mass is 10.0. The van der Waals surface area contributed by atoms with E-state index in [0.29, 0.717) is 32.6 Å². The number of aromatic nitrogens is 1. The standard InChI is InChI=1S/C24H26N4O2/c1-30-20-9-6-18(7-10-20)23(16-25)27-12-14-28(15-13-27)24(29)11-8-19-17-26-22-5-3-2-4-21(19)22/h2-7,9-10,17,23,26H,8,11-15H2,1H3. The first-order valence-corrected chi connectivity index (χ1v) is 10.3. The van der Waals surface area contributed by atoms with Crippen molar-refractivity contribution in [1.82, 2.24) is 14.8 Å². The second-order valence-electron chi connectivity index (χ2n) is 7.58. The van der Waals surface area contributed by atoms with E-state index < -0.39 is 0 Å². The first-order valence-electron chi connectivity index (χ1n) is 10.3. The number of piperazine rings is 1. The van der Waals surface area contributed by atoms with Gasteiger partial charge >= 0.3 is 0 Å². The van der Waals surface area contributed by atoms with Gasteiger partial charge in [-0.05, 0) is 35.7 Å². The smallest absolute Gasteiger partial charge is 0.222 e. The van der Waals surface area contributed by atoms with Crippen molar-refractivity contribution < 1.29 is 9.53 Å². The fourth-order valence-electron chi connectivity index (χ4n) is 4.12. The van der Waals surface area contributed by atoms with Gasteiger partial charge in [0.05, 0.1) is 13.2 Å². The first kappa shape index (κ1) is 20.0. The fourth-order valence-corrected chi connectivity index (χ4v) is 4.12. The lowest BCUT2D eigenvalue weighted by Crippen LogP contribution is -2.49. The molecule has 0 saturated carbocycles. The number of methoxy groups -OCH3 is 1. The van der Waals surface area contributed by atoms with Crippen LogP contribution in [0.5, 0.6) is 5.75 Å². The number of hydrogen-bond donors (Lipinski definition) is 1. The lowest BCUT2D eigenvalue weighted by Gasteiger charge is -2.37. The molecule has 0 bridgehead atoms. The molecule has 4 rings (SSSR count). The number of ether oxygens (including phenoxy) is 1. The van der Waals surface area contributed by atoms with Gasteiger partial charge in [-0.3, -0.25) is 9.69 Å². The van der Waals surface area contributed by atoms with E-state index in [9.17, 15) is 10.1 Å². The Morgan fingerprint density at radius 1 is 1.13 bits per heavy atom. The Morgan fingerprint density at radius 2 is 1.87 bits per heavy atom. The van der Waals surface area contributed by atoms with E-state index in [2.05, 4.69) is 22.0 Å². The van der Waals surface area contributed by atoms with Crippen LogP contribution in [0.2, 0.25) is 0 Å². The Balaban J connectivity index is 1.32. The summed E-state index contributed by atoms with van der Waals surface area (Å²) in [6.07, 6.45) is 3.24.